The Morgan fingerprint density at radius 3 is 2.60 bits per heavy atom. The van der Waals surface area contributed by atoms with Crippen molar-refractivity contribution < 1.29 is 23.5 Å². The third kappa shape index (κ3) is 5.87. The fourth-order valence-corrected chi connectivity index (χ4v) is 1.54. The minimum Gasteiger partial charge on any atom is -0.454 e. The number of carbonyl (C=O) groups is 3. The maximum absolute atomic E-state index is 11.5. The summed E-state index contributed by atoms with van der Waals surface area (Å²) >= 11 is 3.06. The summed E-state index contributed by atoms with van der Waals surface area (Å²) in [5, 5.41) is 4.88. The number of furan rings is 1. The molecule has 0 saturated heterocycles. The molecule has 110 valence electrons. The number of hydrogen-bond acceptors (Lipinski definition) is 5. The van der Waals surface area contributed by atoms with Gasteiger partial charge in [0, 0.05) is 6.04 Å². The van der Waals surface area contributed by atoms with Gasteiger partial charge in [-0.3, -0.25) is 14.4 Å². The second-order valence-electron chi connectivity index (χ2n) is 4.17. The molecule has 2 amide bonds. The Bertz CT molecular complexity index is 498. The molecule has 0 atom stereocenters. The van der Waals surface area contributed by atoms with E-state index in [1.165, 1.54) is 6.07 Å². The zero-order chi connectivity index (χ0) is 15.1. The molecular formula is C12H15BrN2O5. The van der Waals surface area contributed by atoms with Crippen LogP contribution in [0, 0.1) is 0 Å². The average molecular weight is 347 g/mol. The highest BCUT2D eigenvalue weighted by atomic mass is 79.9. The van der Waals surface area contributed by atoms with Gasteiger partial charge in [0.15, 0.2) is 17.0 Å². The quantitative estimate of drug-likeness (QED) is 0.744. The molecule has 0 fully saturated rings. The topological polar surface area (TPSA) is 97.6 Å². The van der Waals surface area contributed by atoms with Crippen LogP contribution in [-0.2, 0) is 14.3 Å². The van der Waals surface area contributed by atoms with E-state index in [1.54, 1.807) is 19.9 Å². The third-order valence-electron chi connectivity index (χ3n) is 2.00. The van der Waals surface area contributed by atoms with E-state index in [-0.39, 0.29) is 25.0 Å². The maximum atomic E-state index is 11.5. The number of rotatable bonds is 6. The molecule has 20 heavy (non-hydrogen) atoms. The third-order valence-corrected chi connectivity index (χ3v) is 2.43. The summed E-state index contributed by atoms with van der Waals surface area (Å²) in [6, 6.07) is 2.99. The molecule has 0 saturated carbocycles. The second-order valence-corrected chi connectivity index (χ2v) is 4.95. The molecule has 1 aromatic heterocycles. The first kappa shape index (κ1) is 16.2. The van der Waals surface area contributed by atoms with Crippen LogP contribution in [0.3, 0.4) is 0 Å². The Kier molecular flexibility index (Phi) is 6.23. The van der Waals surface area contributed by atoms with E-state index in [0.29, 0.717) is 4.67 Å². The minimum atomic E-state index is -0.706. The van der Waals surface area contributed by atoms with E-state index in [2.05, 4.69) is 26.6 Å². The molecule has 0 spiro atoms. The zero-order valence-electron chi connectivity index (χ0n) is 11.1. The number of amides is 2. The number of esters is 1. The lowest BCUT2D eigenvalue weighted by molar-refractivity contribution is -0.147. The number of carbonyl (C=O) groups excluding carboxylic acids is 3. The van der Waals surface area contributed by atoms with Crippen molar-refractivity contribution >= 4 is 33.7 Å². The van der Waals surface area contributed by atoms with E-state index in [9.17, 15) is 14.4 Å². The second kappa shape index (κ2) is 7.68. The minimum absolute atomic E-state index is 0.0293. The summed E-state index contributed by atoms with van der Waals surface area (Å²) in [7, 11) is 0. The molecule has 0 radical (unpaired) electrons. The van der Waals surface area contributed by atoms with Crippen LogP contribution in [0.2, 0.25) is 0 Å². The summed E-state index contributed by atoms with van der Waals surface area (Å²) in [4.78, 5) is 34.1. The lowest BCUT2D eigenvalue weighted by Crippen LogP contribution is -2.36. The van der Waals surface area contributed by atoms with Crippen molar-refractivity contribution in [1.82, 2.24) is 10.6 Å². The van der Waals surface area contributed by atoms with E-state index in [1.807, 2.05) is 0 Å². The molecular weight excluding hydrogens is 332 g/mol. The lowest BCUT2D eigenvalue weighted by Gasteiger charge is -2.09. The Labute approximate surface area is 124 Å². The molecule has 1 rings (SSSR count). The van der Waals surface area contributed by atoms with Crippen molar-refractivity contribution in [1.29, 1.82) is 0 Å². The van der Waals surface area contributed by atoms with Crippen LogP contribution in [0.5, 0.6) is 0 Å². The molecule has 0 unspecified atom stereocenters. The van der Waals surface area contributed by atoms with Crippen molar-refractivity contribution in [2.24, 2.45) is 0 Å². The standard InChI is InChI=1S/C12H15BrN2O5/c1-7(2)15-10(16)6-19-11(17)5-14-12(18)8-3-4-9(13)20-8/h3-4,7H,5-6H2,1-2H3,(H,14,18)(H,15,16). The van der Waals surface area contributed by atoms with Crippen LogP contribution in [-0.4, -0.2) is 37.0 Å². The Hall–Kier alpha value is -1.83. The van der Waals surface area contributed by atoms with Crippen LogP contribution in [0.4, 0.5) is 0 Å². The molecule has 2 N–H and O–H groups in total. The number of nitrogens with one attached hydrogen (secondary N) is 2. The first-order valence-electron chi connectivity index (χ1n) is 5.87. The van der Waals surface area contributed by atoms with Gasteiger partial charge in [-0.05, 0) is 41.9 Å². The van der Waals surface area contributed by atoms with Crippen LogP contribution < -0.4 is 10.6 Å². The summed E-state index contributed by atoms with van der Waals surface area (Å²) in [6.45, 7) is 2.87. The Morgan fingerprint density at radius 1 is 1.35 bits per heavy atom. The van der Waals surface area contributed by atoms with Gasteiger partial charge in [0.1, 0.15) is 6.54 Å². The lowest BCUT2D eigenvalue weighted by atomic mass is 10.4. The Balaban J connectivity index is 2.26. The predicted molar refractivity (Wildman–Crippen MR) is 73.0 cm³/mol. The van der Waals surface area contributed by atoms with E-state index >= 15 is 0 Å². The molecule has 0 bridgehead atoms. The van der Waals surface area contributed by atoms with Crippen LogP contribution >= 0.6 is 15.9 Å². The van der Waals surface area contributed by atoms with Gasteiger partial charge in [0.25, 0.3) is 11.8 Å². The van der Waals surface area contributed by atoms with Crippen LogP contribution in [0.25, 0.3) is 0 Å². The highest BCUT2D eigenvalue weighted by Gasteiger charge is 2.13. The van der Waals surface area contributed by atoms with Crippen LogP contribution in [0.15, 0.2) is 21.2 Å². The molecule has 0 aliphatic heterocycles. The van der Waals surface area contributed by atoms with Crippen molar-refractivity contribution in [2.75, 3.05) is 13.2 Å². The maximum Gasteiger partial charge on any atom is 0.325 e. The summed E-state index contributed by atoms with van der Waals surface area (Å²) in [5.74, 6) is -1.57. The normalized spacial score (nSPS) is 10.2. The fourth-order valence-electron chi connectivity index (χ4n) is 1.24. The molecule has 8 heteroatoms. The molecule has 0 aliphatic carbocycles. The molecule has 1 aromatic rings. The van der Waals surface area contributed by atoms with Crippen molar-refractivity contribution in [3.05, 3.63) is 22.6 Å². The number of hydrogen-bond donors (Lipinski definition) is 2. The molecule has 0 aromatic carbocycles. The van der Waals surface area contributed by atoms with E-state index in [4.69, 9.17) is 9.15 Å². The van der Waals surface area contributed by atoms with Crippen molar-refractivity contribution in [3.63, 3.8) is 0 Å². The average Bonchev–Trinajstić information content (AvgIpc) is 2.79. The van der Waals surface area contributed by atoms with Gasteiger partial charge in [-0.25, -0.2) is 0 Å². The van der Waals surface area contributed by atoms with E-state index < -0.39 is 17.8 Å². The molecule has 1 heterocycles. The summed E-state index contributed by atoms with van der Waals surface area (Å²) in [5.41, 5.74) is 0. The largest absolute Gasteiger partial charge is 0.454 e. The number of ether oxygens (including phenoxy) is 1. The smallest absolute Gasteiger partial charge is 0.325 e. The van der Waals surface area contributed by atoms with Gasteiger partial charge in [-0.2, -0.15) is 0 Å². The summed E-state index contributed by atoms with van der Waals surface area (Å²) < 4.78 is 10.1. The first-order chi connectivity index (χ1) is 9.38. The predicted octanol–water partition coefficient (Wildman–Crippen LogP) is 0.840. The van der Waals surface area contributed by atoms with Crippen LogP contribution in [0.1, 0.15) is 24.4 Å². The monoisotopic (exact) mass is 346 g/mol. The van der Waals surface area contributed by atoms with E-state index in [0.717, 1.165) is 0 Å². The fraction of sp³-hybridized carbons (Fsp3) is 0.417. The van der Waals surface area contributed by atoms with Gasteiger partial charge in [-0.1, -0.05) is 0 Å². The zero-order valence-corrected chi connectivity index (χ0v) is 12.7. The van der Waals surface area contributed by atoms with Crippen molar-refractivity contribution in [2.45, 2.75) is 19.9 Å². The SMILES string of the molecule is CC(C)NC(=O)COC(=O)CNC(=O)c1ccc(Br)o1. The molecule has 7 nitrogen and oxygen atoms in total. The highest BCUT2D eigenvalue weighted by Crippen LogP contribution is 2.13. The van der Waals surface area contributed by atoms with Crippen molar-refractivity contribution in [3.8, 4) is 0 Å². The van der Waals surface area contributed by atoms with Gasteiger partial charge in [-0.15, -0.1) is 0 Å². The number of halogens is 1. The Morgan fingerprint density at radius 2 is 2.05 bits per heavy atom. The van der Waals surface area contributed by atoms with Gasteiger partial charge in [0.05, 0.1) is 0 Å². The van der Waals surface area contributed by atoms with Gasteiger partial charge >= 0.3 is 5.97 Å². The molecule has 0 aliphatic rings. The highest BCUT2D eigenvalue weighted by molar-refractivity contribution is 9.10. The summed E-state index contributed by atoms with van der Waals surface area (Å²) in [6.07, 6.45) is 0. The first-order valence-corrected chi connectivity index (χ1v) is 6.66. The van der Waals surface area contributed by atoms with Gasteiger partial charge < -0.3 is 19.8 Å². The van der Waals surface area contributed by atoms with Gasteiger partial charge in [0.2, 0.25) is 0 Å².